The van der Waals surface area contributed by atoms with Crippen molar-refractivity contribution in [1.29, 1.82) is 0 Å². The lowest BCUT2D eigenvalue weighted by Crippen LogP contribution is -2.50. The number of rotatable bonds is 7. The minimum atomic E-state index is -0.458. The van der Waals surface area contributed by atoms with E-state index in [-0.39, 0.29) is 17.9 Å². The summed E-state index contributed by atoms with van der Waals surface area (Å²) in [6, 6.07) is 7.70. The van der Waals surface area contributed by atoms with Crippen LogP contribution >= 0.6 is 15.9 Å². The molecule has 0 spiro atoms. The summed E-state index contributed by atoms with van der Waals surface area (Å²) < 4.78 is 0.979. The number of benzene rings is 1. The molecule has 1 aliphatic rings. The standard InChI is InChI=1S/C20H29BrN2O2/c1-3-8-19(24)23(14-16-9-7-10-17(21)13-16)15(2)20(25)22-18-11-5-4-6-12-18/h7,9-10,13,15,18H,3-6,8,11-12,14H2,1-2H3,(H,22,25)/t15-/m0/s1. The van der Waals surface area contributed by atoms with Crippen LogP contribution in [0.1, 0.15) is 64.4 Å². The van der Waals surface area contributed by atoms with E-state index in [1.165, 1.54) is 19.3 Å². The third-order valence-corrected chi connectivity index (χ3v) is 5.32. The number of nitrogens with one attached hydrogen (secondary N) is 1. The van der Waals surface area contributed by atoms with E-state index in [4.69, 9.17) is 0 Å². The first kappa shape index (κ1) is 20.0. The van der Waals surface area contributed by atoms with Gasteiger partial charge in [-0.3, -0.25) is 9.59 Å². The van der Waals surface area contributed by atoms with Crippen LogP contribution in [-0.4, -0.2) is 28.8 Å². The smallest absolute Gasteiger partial charge is 0.242 e. The lowest BCUT2D eigenvalue weighted by atomic mass is 9.95. The molecule has 2 rings (SSSR count). The Labute approximate surface area is 159 Å². The molecule has 4 nitrogen and oxygen atoms in total. The van der Waals surface area contributed by atoms with E-state index >= 15 is 0 Å². The molecular formula is C20H29BrN2O2. The molecule has 1 aliphatic carbocycles. The van der Waals surface area contributed by atoms with Gasteiger partial charge < -0.3 is 10.2 Å². The van der Waals surface area contributed by atoms with Gasteiger partial charge in [0.1, 0.15) is 6.04 Å². The Morgan fingerprint density at radius 3 is 2.64 bits per heavy atom. The molecule has 1 saturated carbocycles. The summed E-state index contributed by atoms with van der Waals surface area (Å²) in [5, 5.41) is 3.15. The summed E-state index contributed by atoms with van der Waals surface area (Å²) in [5.74, 6) is 0.000111. The fourth-order valence-electron chi connectivity index (χ4n) is 3.34. The van der Waals surface area contributed by atoms with E-state index in [2.05, 4.69) is 21.2 Å². The quantitative estimate of drug-likeness (QED) is 0.725. The molecule has 0 aliphatic heterocycles. The van der Waals surface area contributed by atoms with E-state index in [1.54, 1.807) is 4.90 Å². The molecule has 0 heterocycles. The van der Waals surface area contributed by atoms with E-state index in [9.17, 15) is 9.59 Å². The fourth-order valence-corrected chi connectivity index (χ4v) is 3.79. The second-order valence-corrected chi connectivity index (χ2v) is 7.84. The van der Waals surface area contributed by atoms with Gasteiger partial charge in [-0.25, -0.2) is 0 Å². The largest absolute Gasteiger partial charge is 0.352 e. The first-order valence-electron chi connectivity index (χ1n) is 9.35. The van der Waals surface area contributed by atoms with Crippen LogP contribution in [0, 0.1) is 0 Å². The summed E-state index contributed by atoms with van der Waals surface area (Å²) in [4.78, 5) is 27.0. The number of nitrogens with zero attached hydrogens (tertiary/aromatic N) is 1. The van der Waals surface area contributed by atoms with Gasteiger partial charge in [0.25, 0.3) is 0 Å². The Morgan fingerprint density at radius 1 is 1.28 bits per heavy atom. The number of amides is 2. The average molecular weight is 409 g/mol. The maximum atomic E-state index is 12.7. The summed E-state index contributed by atoms with van der Waals surface area (Å²) in [6.45, 7) is 4.28. The zero-order chi connectivity index (χ0) is 18.2. The van der Waals surface area contributed by atoms with Crippen LogP contribution in [0.3, 0.4) is 0 Å². The highest BCUT2D eigenvalue weighted by Crippen LogP contribution is 2.19. The van der Waals surface area contributed by atoms with Gasteiger partial charge in [0, 0.05) is 23.5 Å². The van der Waals surface area contributed by atoms with Crippen molar-refractivity contribution >= 4 is 27.7 Å². The van der Waals surface area contributed by atoms with E-state index < -0.39 is 6.04 Å². The molecular weight excluding hydrogens is 380 g/mol. The molecule has 0 aromatic heterocycles. The molecule has 1 fully saturated rings. The van der Waals surface area contributed by atoms with Crippen LogP contribution in [0.5, 0.6) is 0 Å². The number of carbonyl (C=O) groups excluding carboxylic acids is 2. The van der Waals surface area contributed by atoms with Crippen LogP contribution in [0.15, 0.2) is 28.7 Å². The summed E-state index contributed by atoms with van der Waals surface area (Å²) >= 11 is 3.47. The van der Waals surface area contributed by atoms with Gasteiger partial charge in [-0.15, -0.1) is 0 Å². The van der Waals surface area contributed by atoms with E-state index in [1.807, 2.05) is 38.1 Å². The molecule has 1 N–H and O–H groups in total. The third-order valence-electron chi connectivity index (χ3n) is 4.82. The minimum Gasteiger partial charge on any atom is -0.352 e. The molecule has 2 amide bonds. The molecule has 138 valence electrons. The number of hydrogen-bond acceptors (Lipinski definition) is 2. The lowest BCUT2D eigenvalue weighted by Gasteiger charge is -2.31. The molecule has 1 aromatic carbocycles. The second kappa shape index (κ2) is 9.95. The summed E-state index contributed by atoms with van der Waals surface area (Å²) in [6.07, 6.45) is 6.96. The van der Waals surface area contributed by atoms with Gasteiger partial charge >= 0.3 is 0 Å². The van der Waals surface area contributed by atoms with Crippen LogP contribution < -0.4 is 5.32 Å². The van der Waals surface area contributed by atoms with Crippen molar-refractivity contribution in [2.45, 2.75) is 77.4 Å². The molecule has 1 atom stereocenters. The fraction of sp³-hybridized carbons (Fsp3) is 0.600. The van der Waals surface area contributed by atoms with E-state index in [0.29, 0.717) is 13.0 Å². The zero-order valence-corrected chi connectivity index (χ0v) is 16.8. The SMILES string of the molecule is CCCC(=O)N(Cc1cccc(Br)c1)[C@@H](C)C(=O)NC1CCCCC1. The topological polar surface area (TPSA) is 49.4 Å². The minimum absolute atomic E-state index is 0.0358. The third kappa shape index (κ3) is 6.14. The van der Waals surface area contributed by atoms with Crippen LogP contribution in [0.2, 0.25) is 0 Å². The van der Waals surface area contributed by atoms with Crippen molar-refractivity contribution in [3.8, 4) is 0 Å². The first-order chi connectivity index (χ1) is 12.0. The van der Waals surface area contributed by atoms with Crippen LogP contribution in [0.4, 0.5) is 0 Å². The second-order valence-electron chi connectivity index (χ2n) is 6.92. The zero-order valence-electron chi connectivity index (χ0n) is 15.3. The van der Waals surface area contributed by atoms with Gasteiger partial charge in [0.15, 0.2) is 0 Å². The van der Waals surface area contributed by atoms with Gasteiger partial charge in [-0.1, -0.05) is 54.2 Å². The highest BCUT2D eigenvalue weighted by molar-refractivity contribution is 9.10. The number of halogens is 1. The Balaban J connectivity index is 2.07. The monoisotopic (exact) mass is 408 g/mol. The molecule has 1 aromatic rings. The maximum Gasteiger partial charge on any atom is 0.242 e. The van der Waals surface area contributed by atoms with Crippen LogP contribution in [-0.2, 0) is 16.1 Å². The van der Waals surface area contributed by atoms with Crippen molar-refractivity contribution in [3.05, 3.63) is 34.3 Å². The summed E-state index contributed by atoms with van der Waals surface area (Å²) in [5.41, 5.74) is 1.02. The van der Waals surface area contributed by atoms with Crippen molar-refractivity contribution in [3.63, 3.8) is 0 Å². The van der Waals surface area contributed by atoms with Crippen LogP contribution in [0.25, 0.3) is 0 Å². The predicted molar refractivity (Wildman–Crippen MR) is 104 cm³/mol. The average Bonchev–Trinajstić information content (AvgIpc) is 2.60. The Hall–Kier alpha value is -1.36. The van der Waals surface area contributed by atoms with Gasteiger partial charge in [0.2, 0.25) is 11.8 Å². The molecule has 0 radical (unpaired) electrons. The number of carbonyl (C=O) groups is 2. The van der Waals surface area contributed by atoms with E-state index in [0.717, 1.165) is 29.3 Å². The maximum absolute atomic E-state index is 12.7. The predicted octanol–water partition coefficient (Wildman–Crippen LogP) is 4.42. The van der Waals surface area contributed by atoms with Crippen molar-refractivity contribution in [2.75, 3.05) is 0 Å². The van der Waals surface area contributed by atoms with Crippen molar-refractivity contribution in [1.82, 2.24) is 10.2 Å². The van der Waals surface area contributed by atoms with Crippen molar-refractivity contribution < 1.29 is 9.59 Å². The normalized spacial score (nSPS) is 16.3. The highest BCUT2D eigenvalue weighted by Gasteiger charge is 2.27. The lowest BCUT2D eigenvalue weighted by molar-refractivity contribution is -0.141. The van der Waals surface area contributed by atoms with Crippen molar-refractivity contribution in [2.24, 2.45) is 0 Å². The molecule has 0 saturated heterocycles. The highest BCUT2D eigenvalue weighted by atomic mass is 79.9. The Bertz CT molecular complexity index is 585. The summed E-state index contributed by atoms with van der Waals surface area (Å²) in [7, 11) is 0. The Kier molecular flexibility index (Phi) is 7.94. The molecule has 0 bridgehead atoms. The van der Waals surface area contributed by atoms with Gasteiger partial charge in [-0.05, 0) is 43.9 Å². The molecule has 25 heavy (non-hydrogen) atoms. The van der Waals surface area contributed by atoms with Gasteiger partial charge in [0.05, 0.1) is 0 Å². The first-order valence-corrected chi connectivity index (χ1v) is 10.1. The molecule has 5 heteroatoms. The number of hydrogen-bond donors (Lipinski definition) is 1. The molecule has 0 unspecified atom stereocenters. The Morgan fingerprint density at radius 2 is 2.00 bits per heavy atom. The van der Waals surface area contributed by atoms with Gasteiger partial charge in [-0.2, -0.15) is 0 Å².